The molecular weight excluding hydrogens is 192 g/mol. The first-order valence-electron chi connectivity index (χ1n) is 5.35. The highest BCUT2D eigenvalue weighted by atomic mass is 16.2. The van der Waals surface area contributed by atoms with E-state index in [9.17, 15) is 4.79 Å². The van der Waals surface area contributed by atoms with Crippen molar-refractivity contribution in [1.82, 2.24) is 20.5 Å². The van der Waals surface area contributed by atoms with Gasteiger partial charge in [0.05, 0.1) is 0 Å². The van der Waals surface area contributed by atoms with Crippen LogP contribution in [0, 0.1) is 0 Å². The fourth-order valence-electron chi connectivity index (χ4n) is 1.09. The molecule has 0 aliphatic rings. The minimum absolute atomic E-state index is 0.202. The molecule has 0 aliphatic heterocycles. The molecule has 0 aliphatic carbocycles. The van der Waals surface area contributed by atoms with Gasteiger partial charge in [0.1, 0.15) is 5.82 Å². The van der Waals surface area contributed by atoms with Crippen molar-refractivity contribution < 1.29 is 4.79 Å². The Morgan fingerprint density at radius 3 is 2.80 bits per heavy atom. The van der Waals surface area contributed by atoms with Crippen LogP contribution in [0.2, 0.25) is 0 Å². The molecule has 15 heavy (non-hydrogen) atoms. The molecule has 1 aromatic rings. The van der Waals surface area contributed by atoms with Gasteiger partial charge in [-0.15, -0.1) is 5.10 Å². The van der Waals surface area contributed by atoms with E-state index in [1.54, 1.807) is 0 Å². The van der Waals surface area contributed by atoms with Crippen molar-refractivity contribution in [3.63, 3.8) is 0 Å². The highest BCUT2D eigenvalue weighted by molar-refractivity contribution is 5.90. The molecule has 5 heteroatoms. The summed E-state index contributed by atoms with van der Waals surface area (Å²) in [5, 5.41) is 9.39. The number of carbonyl (C=O) groups excluding carboxylic acids is 1. The van der Waals surface area contributed by atoms with Crippen LogP contribution in [0.1, 0.15) is 56.0 Å². The maximum atomic E-state index is 11.5. The summed E-state index contributed by atoms with van der Waals surface area (Å²) in [6.45, 7) is 6.76. The van der Waals surface area contributed by atoms with Crippen molar-refractivity contribution in [1.29, 1.82) is 0 Å². The standard InChI is InChI=1S/C10H18N4O/c1-4-5-6-11-10(15)9-12-8(7(2)3)13-14-9/h7H,4-6H2,1-3H3,(H,11,15)(H,12,13,14). The number of aromatic amines is 1. The van der Waals surface area contributed by atoms with Gasteiger partial charge in [-0.1, -0.05) is 27.2 Å². The molecule has 84 valence electrons. The van der Waals surface area contributed by atoms with Crippen LogP contribution in [0.3, 0.4) is 0 Å². The summed E-state index contributed by atoms with van der Waals surface area (Å²) >= 11 is 0. The monoisotopic (exact) mass is 210 g/mol. The smallest absolute Gasteiger partial charge is 0.290 e. The van der Waals surface area contributed by atoms with Gasteiger partial charge in [0.25, 0.3) is 5.91 Å². The zero-order chi connectivity index (χ0) is 11.3. The Morgan fingerprint density at radius 2 is 2.27 bits per heavy atom. The number of carbonyl (C=O) groups is 1. The molecule has 0 aromatic carbocycles. The molecule has 0 saturated heterocycles. The zero-order valence-electron chi connectivity index (χ0n) is 9.50. The molecule has 0 bridgehead atoms. The zero-order valence-corrected chi connectivity index (χ0v) is 9.50. The number of hydrogen-bond donors (Lipinski definition) is 2. The van der Waals surface area contributed by atoms with Crippen molar-refractivity contribution in [3.05, 3.63) is 11.6 Å². The minimum atomic E-state index is -0.202. The number of aromatic nitrogens is 3. The average Bonchev–Trinajstić information content (AvgIpc) is 2.66. The van der Waals surface area contributed by atoms with Gasteiger partial charge in [0.15, 0.2) is 0 Å². The molecule has 1 aromatic heterocycles. The molecule has 1 rings (SSSR count). The number of unbranched alkanes of at least 4 members (excludes halogenated alkanes) is 1. The van der Waals surface area contributed by atoms with Crippen LogP contribution in [-0.2, 0) is 0 Å². The molecule has 0 fully saturated rings. The Hall–Kier alpha value is -1.39. The molecule has 2 N–H and O–H groups in total. The second kappa shape index (κ2) is 5.48. The number of hydrogen-bond acceptors (Lipinski definition) is 3. The van der Waals surface area contributed by atoms with Crippen LogP contribution in [0.5, 0.6) is 0 Å². The van der Waals surface area contributed by atoms with Gasteiger partial charge in [-0.05, 0) is 6.42 Å². The van der Waals surface area contributed by atoms with E-state index in [0.29, 0.717) is 6.54 Å². The third-order valence-corrected chi connectivity index (χ3v) is 2.07. The van der Waals surface area contributed by atoms with E-state index in [-0.39, 0.29) is 17.6 Å². The van der Waals surface area contributed by atoms with Crippen LogP contribution < -0.4 is 5.32 Å². The first-order chi connectivity index (χ1) is 7.15. The molecule has 0 radical (unpaired) electrons. The maximum absolute atomic E-state index is 11.5. The van der Waals surface area contributed by atoms with Crippen molar-refractivity contribution in [3.8, 4) is 0 Å². The van der Waals surface area contributed by atoms with Gasteiger partial charge in [-0.2, -0.15) is 0 Å². The lowest BCUT2D eigenvalue weighted by Crippen LogP contribution is -2.25. The van der Waals surface area contributed by atoms with Gasteiger partial charge < -0.3 is 5.32 Å². The highest BCUT2D eigenvalue weighted by Crippen LogP contribution is 2.07. The third kappa shape index (κ3) is 3.34. The Balaban J connectivity index is 2.51. The SMILES string of the molecule is CCCCNC(=O)c1n[nH]c(C(C)C)n1. The number of rotatable bonds is 5. The lowest BCUT2D eigenvalue weighted by atomic mass is 10.2. The van der Waals surface area contributed by atoms with Crippen LogP contribution in [0.15, 0.2) is 0 Å². The molecule has 5 nitrogen and oxygen atoms in total. The lowest BCUT2D eigenvalue weighted by Gasteiger charge is -1.99. The number of H-pyrrole nitrogens is 1. The fourth-order valence-corrected chi connectivity index (χ4v) is 1.09. The lowest BCUT2D eigenvalue weighted by molar-refractivity contribution is 0.0943. The summed E-state index contributed by atoms with van der Waals surface area (Å²) < 4.78 is 0. The Morgan fingerprint density at radius 1 is 1.53 bits per heavy atom. The van der Waals surface area contributed by atoms with E-state index in [1.165, 1.54) is 0 Å². The average molecular weight is 210 g/mol. The topological polar surface area (TPSA) is 70.7 Å². The van der Waals surface area contributed by atoms with Crippen molar-refractivity contribution in [2.24, 2.45) is 0 Å². The maximum Gasteiger partial charge on any atom is 0.290 e. The number of amides is 1. The van der Waals surface area contributed by atoms with Gasteiger partial charge >= 0.3 is 0 Å². The number of nitrogens with zero attached hydrogens (tertiary/aromatic N) is 2. The summed E-state index contributed by atoms with van der Waals surface area (Å²) in [6.07, 6.45) is 2.04. The highest BCUT2D eigenvalue weighted by Gasteiger charge is 2.12. The van der Waals surface area contributed by atoms with E-state index in [1.807, 2.05) is 13.8 Å². The van der Waals surface area contributed by atoms with E-state index < -0.39 is 0 Å². The first kappa shape index (κ1) is 11.7. The van der Waals surface area contributed by atoms with Crippen LogP contribution >= 0.6 is 0 Å². The summed E-state index contributed by atoms with van der Waals surface area (Å²) in [4.78, 5) is 15.6. The predicted molar refractivity (Wildman–Crippen MR) is 57.7 cm³/mol. The summed E-state index contributed by atoms with van der Waals surface area (Å²) in [6, 6.07) is 0. The predicted octanol–water partition coefficient (Wildman–Crippen LogP) is 1.46. The second-order valence-electron chi connectivity index (χ2n) is 3.81. The molecule has 0 spiro atoms. The number of nitrogens with one attached hydrogen (secondary N) is 2. The Kier molecular flexibility index (Phi) is 4.27. The molecule has 1 heterocycles. The molecule has 0 atom stereocenters. The molecule has 0 saturated carbocycles. The third-order valence-electron chi connectivity index (χ3n) is 2.07. The van der Waals surface area contributed by atoms with Crippen molar-refractivity contribution in [2.75, 3.05) is 6.54 Å². The van der Waals surface area contributed by atoms with Crippen molar-refractivity contribution in [2.45, 2.75) is 39.5 Å². The molecular formula is C10H18N4O. The normalized spacial score (nSPS) is 10.7. The minimum Gasteiger partial charge on any atom is -0.349 e. The van der Waals surface area contributed by atoms with Gasteiger partial charge in [-0.25, -0.2) is 4.98 Å². The van der Waals surface area contributed by atoms with Gasteiger partial charge in [-0.3, -0.25) is 9.89 Å². The largest absolute Gasteiger partial charge is 0.349 e. The second-order valence-corrected chi connectivity index (χ2v) is 3.81. The van der Waals surface area contributed by atoms with E-state index in [4.69, 9.17) is 0 Å². The van der Waals surface area contributed by atoms with Crippen LogP contribution in [0.4, 0.5) is 0 Å². The molecule has 1 amide bonds. The summed E-state index contributed by atoms with van der Waals surface area (Å²) in [7, 11) is 0. The molecule has 0 unspecified atom stereocenters. The fraction of sp³-hybridized carbons (Fsp3) is 0.700. The van der Waals surface area contributed by atoms with E-state index >= 15 is 0 Å². The summed E-state index contributed by atoms with van der Waals surface area (Å²) in [5.41, 5.74) is 0. The van der Waals surface area contributed by atoms with Gasteiger partial charge in [0.2, 0.25) is 5.82 Å². The van der Waals surface area contributed by atoms with E-state index in [0.717, 1.165) is 18.7 Å². The van der Waals surface area contributed by atoms with Crippen LogP contribution in [0.25, 0.3) is 0 Å². The Labute approximate surface area is 89.7 Å². The van der Waals surface area contributed by atoms with Crippen molar-refractivity contribution >= 4 is 5.91 Å². The summed E-state index contributed by atoms with van der Waals surface area (Å²) in [5.74, 6) is 1.03. The van der Waals surface area contributed by atoms with Gasteiger partial charge in [0, 0.05) is 12.5 Å². The van der Waals surface area contributed by atoms with E-state index in [2.05, 4.69) is 27.4 Å². The first-order valence-corrected chi connectivity index (χ1v) is 5.35. The van der Waals surface area contributed by atoms with Crippen LogP contribution in [-0.4, -0.2) is 27.6 Å². The Bertz CT molecular complexity index is 319. The quantitative estimate of drug-likeness (QED) is 0.723.